The predicted octanol–water partition coefficient (Wildman–Crippen LogP) is 4.41. The molecule has 1 N–H and O–H groups in total. The molecule has 0 radical (unpaired) electrons. The maximum Gasteiger partial charge on any atom is 0.312 e. The highest BCUT2D eigenvalue weighted by molar-refractivity contribution is 6.33. The summed E-state index contributed by atoms with van der Waals surface area (Å²) in [6, 6.07) is 0.309. The van der Waals surface area contributed by atoms with E-state index in [2.05, 4.69) is 34.1 Å². The Morgan fingerprint density at radius 2 is 2.00 bits per heavy atom. The van der Waals surface area contributed by atoms with Gasteiger partial charge < -0.3 is 10.1 Å². The van der Waals surface area contributed by atoms with Crippen molar-refractivity contribution in [1.82, 2.24) is 24.8 Å². The Labute approximate surface area is 191 Å². The molecule has 4 fully saturated rings. The fourth-order valence-corrected chi connectivity index (χ4v) is 7.81. The first-order valence-electron chi connectivity index (χ1n) is 11.8. The van der Waals surface area contributed by atoms with Crippen molar-refractivity contribution < 1.29 is 13.9 Å². The summed E-state index contributed by atoms with van der Waals surface area (Å²) < 4.78 is 22.4. The average Bonchev–Trinajstić information content (AvgIpc) is 3.17. The second-order valence-corrected chi connectivity index (χ2v) is 11.0. The largest absolute Gasteiger partial charge is 0.353 e. The van der Waals surface area contributed by atoms with Crippen LogP contribution in [0, 0.1) is 29.2 Å². The third-order valence-corrected chi connectivity index (χ3v) is 9.48. The summed E-state index contributed by atoms with van der Waals surface area (Å²) >= 11 is 6.07. The Morgan fingerprint density at radius 1 is 1.16 bits per heavy atom. The summed E-state index contributed by atoms with van der Waals surface area (Å²) in [5.74, 6) is 1.93. The van der Waals surface area contributed by atoms with Crippen molar-refractivity contribution in [3.63, 3.8) is 0 Å². The quantitative estimate of drug-likeness (QED) is 0.502. The van der Waals surface area contributed by atoms with Gasteiger partial charge in [-0.25, -0.2) is 4.98 Å². The number of nitrogens with one attached hydrogen (secondary N) is 1. The molecule has 7 atom stereocenters. The van der Waals surface area contributed by atoms with E-state index in [0.29, 0.717) is 41.4 Å². The standard InChI is InChI=1S/C23H29ClFN5O2/c1-22-9-8-16(31)27-15(22)5-3-12-13(22)7-10-23(2)14(12)4-6-17(32-23)30-11-26-18-19(24)28-21(25)29-20(18)30/h11-15,17H,3-10H2,1-2H3,(H,27,31)/t12-,13+,14+,15-,17+,22-,23+/m1/s1. The molecule has 2 aliphatic heterocycles. The van der Waals surface area contributed by atoms with Crippen LogP contribution in [0.1, 0.15) is 71.4 Å². The van der Waals surface area contributed by atoms with E-state index in [1.807, 2.05) is 4.57 Å². The smallest absolute Gasteiger partial charge is 0.312 e. The molecule has 0 aromatic carbocycles. The van der Waals surface area contributed by atoms with Crippen molar-refractivity contribution in [2.45, 2.75) is 83.1 Å². The lowest BCUT2D eigenvalue weighted by Gasteiger charge is -2.62. The molecule has 172 valence electrons. The van der Waals surface area contributed by atoms with Gasteiger partial charge in [-0.15, -0.1) is 0 Å². The van der Waals surface area contributed by atoms with Gasteiger partial charge in [0.15, 0.2) is 10.8 Å². The average molecular weight is 462 g/mol. The Hall–Kier alpha value is -1.80. The molecule has 6 rings (SSSR count). The number of nitrogens with zero attached hydrogens (tertiary/aromatic N) is 4. The zero-order valence-corrected chi connectivity index (χ0v) is 19.2. The highest BCUT2D eigenvalue weighted by atomic mass is 35.5. The number of hydrogen-bond acceptors (Lipinski definition) is 5. The minimum Gasteiger partial charge on any atom is -0.353 e. The van der Waals surface area contributed by atoms with E-state index >= 15 is 0 Å². The predicted molar refractivity (Wildman–Crippen MR) is 116 cm³/mol. The Morgan fingerprint density at radius 3 is 2.84 bits per heavy atom. The SMILES string of the molecule is C[C@]12CCC(=O)N[C@@H]1CC[C@@H]1[C@@H]2CC[C@]2(C)O[C@H](n3cnc4c(Cl)nc(F)nc43)CC[C@@H]12. The Kier molecular flexibility index (Phi) is 4.61. The van der Waals surface area contributed by atoms with Crippen LogP contribution < -0.4 is 5.32 Å². The zero-order chi connectivity index (χ0) is 22.3. The van der Waals surface area contributed by atoms with Gasteiger partial charge in [0.1, 0.15) is 11.7 Å². The second kappa shape index (κ2) is 7.10. The molecule has 2 aromatic rings. The number of amides is 1. The van der Waals surface area contributed by atoms with Gasteiger partial charge in [-0.2, -0.15) is 14.4 Å². The minimum atomic E-state index is -0.853. The van der Waals surface area contributed by atoms with Crippen LogP contribution in [0.4, 0.5) is 4.39 Å². The molecule has 0 unspecified atom stereocenters. The van der Waals surface area contributed by atoms with E-state index in [9.17, 15) is 9.18 Å². The number of fused-ring (bicyclic) bond motifs is 6. The number of halogens is 2. The number of ether oxygens (including phenoxy) is 1. The van der Waals surface area contributed by atoms with Crippen molar-refractivity contribution in [1.29, 1.82) is 0 Å². The monoisotopic (exact) mass is 461 g/mol. The number of rotatable bonds is 1. The molecule has 4 aliphatic rings. The van der Waals surface area contributed by atoms with Gasteiger partial charge in [0.2, 0.25) is 5.91 Å². The summed E-state index contributed by atoms with van der Waals surface area (Å²) in [5, 5.41) is 3.32. The zero-order valence-electron chi connectivity index (χ0n) is 18.5. The van der Waals surface area contributed by atoms with E-state index in [-0.39, 0.29) is 28.3 Å². The number of piperidine rings is 1. The van der Waals surface area contributed by atoms with Crippen LogP contribution in [0.3, 0.4) is 0 Å². The number of carbonyl (C=O) groups excluding carboxylic acids is 1. The van der Waals surface area contributed by atoms with Crippen molar-refractivity contribution >= 4 is 28.7 Å². The lowest BCUT2D eigenvalue weighted by molar-refractivity contribution is -0.231. The molecule has 4 heterocycles. The lowest BCUT2D eigenvalue weighted by atomic mass is 9.48. The number of imidazole rings is 1. The number of hydrogen-bond donors (Lipinski definition) is 1. The lowest BCUT2D eigenvalue weighted by Crippen LogP contribution is -2.63. The topological polar surface area (TPSA) is 81.9 Å². The number of aromatic nitrogens is 4. The van der Waals surface area contributed by atoms with E-state index in [1.165, 1.54) is 0 Å². The molecule has 2 saturated carbocycles. The van der Waals surface area contributed by atoms with Crippen LogP contribution in [0.2, 0.25) is 5.15 Å². The fourth-order valence-electron chi connectivity index (χ4n) is 7.61. The molecule has 1 amide bonds. The minimum absolute atomic E-state index is 0.0243. The van der Waals surface area contributed by atoms with Crippen LogP contribution in [-0.2, 0) is 9.53 Å². The fraction of sp³-hybridized carbons (Fsp3) is 0.739. The summed E-state index contributed by atoms with van der Waals surface area (Å²) in [6.45, 7) is 4.65. The molecule has 2 aromatic heterocycles. The third kappa shape index (κ3) is 2.94. The van der Waals surface area contributed by atoms with Crippen LogP contribution in [0.15, 0.2) is 6.33 Å². The maximum absolute atomic E-state index is 13.8. The molecule has 32 heavy (non-hydrogen) atoms. The van der Waals surface area contributed by atoms with Gasteiger partial charge in [-0.1, -0.05) is 18.5 Å². The molecule has 7 nitrogen and oxygen atoms in total. The summed E-state index contributed by atoms with van der Waals surface area (Å²) in [7, 11) is 0. The summed E-state index contributed by atoms with van der Waals surface area (Å²) in [4.78, 5) is 23.8. The van der Waals surface area contributed by atoms with Gasteiger partial charge in [0, 0.05) is 12.5 Å². The summed E-state index contributed by atoms with van der Waals surface area (Å²) in [6.07, 6.45) is 8.35. The first-order valence-corrected chi connectivity index (χ1v) is 12.2. The van der Waals surface area contributed by atoms with Crippen LogP contribution in [0.25, 0.3) is 11.2 Å². The second-order valence-electron chi connectivity index (χ2n) is 10.7. The van der Waals surface area contributed by atoms with Crippen LogP contribution in [-0.4, -0.2) is 37.1 Å². The van der Waals surface area contributed by atoms with E-state index in [4.69, 9.17) is 16.3 Å². The van der Waals surface area contributed by atoms with Crippen molar-refractivity contribution in [2.24, 2.45) is 23.2 Å². The van der Waals surface area contributed by atoms with Crippen molar-refractivity contribution in [3.8, 4) is 0 Å². The van der Waals surface area contributed by atoms with Gasteiger partial charge in [-0.05, 0) is 75.0 Å². The first-order chi connectivity index (χ1) is 15.3. The highest BCUT2D eigenvalue weighted by Gasteiger charge is 2.59. The molecule has 0 bridgehead atoms. The molecular weight excluding hydrogens is 433 g/mol. The first kappa shape index (κ1) is 20.8. The third-order valence-electron chi connectivity index (χ3n) is 9.22. The highest BCUT2D eigenvalue weighted by Crippen LogP contribution is 2.61. The van der Waals surface area contributed by atoms with Crippen LogP contribution in [0.5, 0.6) is 0 Å². The van der Waals surface area contributed by atoms with Crippen LogP contribution >= 0.6 is 11.6 Å². The summed E-state index contributed by atoms with van der Waals surface area (Å²) in [5.41, 5.74) is 0.727. The maximum atomic E-state index is 13.8. The Bertz CT molecular complexity index is 1090. The normalized spacial score (nSPS) is 41.5. The molecule has 2 aliphatic carbocycles. The van der Waals surface area contributed by atoms with Crippen molar-refractivity contribution in [3.05, 3.63) is 17.6 Å². The molecule has 2 saturated heterocycles. The molecule has 0 spiro atoms. The number of carbonyl (C=O) groups is 1. The molecule has 9 heteroatoms. The van der Waals surface area contributed by atoms with E-state index in [0.717, 1.165) is 44.9 Å². The van der Waals surface area contributed by atoms with Gasteiger partial charge in [0.25, 0.3) is 0 Å². The van der Waals surface area contributed by atoms with Crippen molar-refractivity contribution in [2.75, 3.05) is 0 Å². The van der Waals surface area contributed by atoms with E-state index < -0.39 is 6.08 Å². The Balaban J connectivity index is 1.27. The van der Waals surface area contributed by atoms with Gasteiger partial charge >= 0.3 is 6.08 Å². The van der Waals surface area contributed by atoms with Gasteiger partial charge in [-0.3, -0.25) is 9.36 Å². The molecular formula is C23H29ClFN5O2. The van der Waals surface area contributed by atoms with Gasteiger partial charge in [0.05, 0.1) is 11.9 Å². The van der Waals surface area contributed by atoms with E-state index in [1.54, 1.807) is 6.33 Å².